The van der Waals surface area contributed by atoms with Crippen LogP contribution in [0.5, 0.6) is 0 Å². The van der Waals surface area contributed by atoms with E-state index in [0.717, 1.165) is 0 Å². The third-order valence-electron chi connectivity index (χ3n) is 3.39. The lowest BCUT2D eigenvalue weighted by molar-refractivity contribution is -0.139. The zero-order valence-electron chi connectivity index (χ0n) is 13.6. The Morgan fingerprint density at radius 1 is 1.40 bits per heavy atom. The van der Waals surface area contributed by atoms with Gasteiger partial charge in [0.1, 0.15) is 6.04 Å². The van der Waals surface area contributed by atoms with Crippen LogP contribution in [0.4, 0.5) is 0 Å². The number of aliphatic imine (C=N–C) groups is 1. The van der Waals surface area contributed by atoms with E-state index >= 15 is 0 Å². The molecule has 0 unspecified atom stereocenters. The summed E-state index contributed by atoms with van der Waals surface area (Å²) < 4.78 is 4.90. The van der Waals surface area contributed by atoms with Crippen LogP contribution in [0.3, 0.4) is 0 Å². The maximum absolute atomic E-state index is 11.9. The molecule has 6 nitrogen and oxygen atoms in total. The molecule has 134 valence electrons. The highest BCUT2D eigenvalue weighted by molar-refractivity contribution is 8.14. The van der Waals surface area contributed by atoms with Crippen LogP contribution < -0.4 is 11.1 Å². The van der Waals surface area contributed by atoms with Crippen LogP contribution in [0.2, 0.25) is 10.0 Å². The van der Waals surface area contributed by atoms with Crippen molar-refractivity contribution in [3.05, 3.63) is 45.1 Å². The summed E-state index contributed by atoms with van der Waals surface area (Å²) in [6.07, 6.45) is 0. The quantitative estimate of drug-likeness (QED) is 0.739. The van der Waals surface area contributed by atoms with Gasteiger partial charge in [-0.25, -0.2) is 4.99 Å². The number of rotatable bonds is 5. The molecule has 1 aliphatic rings. The minimum Gasteiger partial charge on any atom is -0.465 e. The van der Waals surface area contributed by atoms with Crippen molar-refractivity contribution in [3.8, 4) is 0 Å². The van der Waals surface area contributed by atoms with Crippen molar-refractivity contribution in [2.45, 2.75) is 19.9 Å². The lowest BCUT2D eigenvalue weighted by Crippen LogP contribution is -2.33. The Labute approximate surface area is 159 Å². The van der Waals surface area contributed by atoms with Gasteiger partial charge in [0.05, 0.1) is 28.0 Å². The number of nitrogens with zero attached hydrogens (tertiary/aromatic N) is 1. The average Bonchev–Trinajstić information content (AvgIpc) is 2.55. The molecule has 1 aromatic carbocycles. The van der Waals surface area contributed by atoms with Gasteiger partial charge in [-0.15, -0.1) is 0 Å². The van der Waals surface area contributed by atoms with E-state index in [0.29, 0.717) is 38.7 Å². The average molecular weight is 402 g/mol. The number of hydrogen-bond donors (Lipinski definition) is 2. The second kappa shape index (κ2) is 8.60. The van der Waals surface area contributed by atoms with Gasteiger partial charge < -0.3 is 15.8 Å². The monoisotopic (exact) mass is 401 g/mol. The number of halogens is 2. The predicted octanol–water partition coefficient (Wildman–Crippen LogP) is 3.05. The molecule has 3 N–H and O–H groups in total. The molecule has 0 bridgehead atoms. The molecule has 0 spiro atoms. The molecule has 1 heterocycles. The van der Waals surface area contributed by atoms with E-state index in [-0.39, 0.29) is 11.7 Å². The number of nitrogens with one attached hydrogen (secondary N) is 1. The Bertz CT molecular complexity index is 765. The van der Waals surface area contributed by atoms with Gasteiger partial charge in [-0.05, 0) is 19.9 Å². The van der Waals surface area contributed by atoms with Crippen LogP contribution in [-0.2, 0) is 14.3 Å². The lowest BCUT2D eigenvalue weighted by Gasteiger charge is -2.25. The van der Waals surface area contributed by atoms with Crippen molar-refractivity contribution in [1.82, 2.24) is 5.32 Å². The summed E-state index contributed by atoms with van der Waals surface area (Å²) >= 11 is 13.5. The van der Waals surface area contributed by atoms with Crippen molar-refractivity contribution in [2.75, 3.05) is 12.4 Å². The van der Waals surface area contributed by atoms with E-state index in [2.05, 4.69) is 10.3 Å². The van der Waals surface area contributed by atoms with E-state index in [9.17, 15) is 9.59 Å². The fourth-order valence-corrected chi connectivity index (χ4v) is 3.48. The first-order chi connectivity index (χ1) is 11.8. The number of thioether (sulfide) groups is 1. The first-order valence-electron chi connectivity index (χ1n) is 7.42. The Kier molecular flexibility index (Phi) is 6.75. The number of hydrogen-bond acceptors (Lipinski definition) is 6. The first kappa shape index (κ1) is 19.6. The van der Waals surface area contributed by atoms with Crippen molar-refractivity contribution in [2.24, 2.45) is 10.7 Å². The lowest BCUT2D eigenvalue weighted by atomic mass is 9.96. The van der Waals surface area contributed by atoms with Gasteiger partial charge in [-0.3, -0.25) is 9.59 Å². The topological polar surface area (TPSA) is 93.8 Å². The number of amides is 1. The highest BCUT2D eigenvalue weighted by Crippen LogP contribution is 2.38. The molecule has 0 saturated heterocycles. The van der Waals surface area contributed by atoms with E-state index < -0.39 is 11.9 Å². The minimum absolute atomic E-state index is 0.0921. The zero-order valence-corrected chi connectivity index (χ0v) is 16.0. The van der Waals surface area contributed by atoms with Gasteiger partial charge in [-0.2, -0.15) is 0 Å². The highest BCUT2D eigenvalue weighted by atomic mass is 35.5. The fourth-order valence-electron chi connectivity index (χ4n) is 2.33. The molecule has 0 saturated carbocycles. The number of ether oxygens (including phenoxy) is 1. The van der Waals surface area contributed by atoms with Crippen molar-refractivity contribution < 1.29 is 14.3 Å². The van der Waals surface area contributed by atoms with Crippen LogP contribution in [0, 0.1) is 0 Å². The summed E-state index contributed by atoms with van der Waals surface area (Å²) in [6.45, 7) is 3.76. The zero-order chi connectivity index (χ0) is 18.6. The Balaban J connectivity index is 2.36. The van der Waals surface area contributed by atoms with Gasteiger partial charge in [-0.1, -0.05) is 47.1 Å². The maximum atomic E-state index is 11.9. The number of carbonyl (C=O) groups excluding carboxylic acids is 2. The van der Waals surface area contributed by atoms with Crippen molar-refractivity contribution in [3.63, 3.8) is 0 Å². The second-order valence-electron chi connectivity index (χ2n) is 5.10. The SMILES string of the molecule is CCOC(=O)CSC1=N[C@@H](c2cccc(Cl)c2Cl)C(C(N)=O)=C(C)N1. The van der Waals surface area contributed by atoms with Gasteiger partial charge in [0.25, 0.3) is 0 Å². The number of primary amides is 1. The van der Waals surface area contributed by atoms with Crippen molar-refractivity contribution in [1.29, 1.82) is 0 Å². The molecule has 9 heteroatoms. The van der Waals surface area contributed by atoms with Crippen LogP contribution in [0.1, 0.15) is 25.5 Å². The van der Waals surface area contributed by atoms with Crippen molar-refractivity contribution >= 4 is 52.0 Å². The molecular formula is C16H17Cl2N3O3S. The molecule has 1 aromatic rings. The third-order valence-corrected chi connectivity index (χ3v) is 5.09. The number of nitrogens with two attached hydrogens (primary N) is 1. The Morgan fingerprint density at radius 3 is 2.76 bits per heavy atom. The molecule has 0 aromatic heterocycles. The Morgan fingerprint density at radius 2 is 2.12 bits per heavy atom. The molecule has 25 heavy (non-hydrogen) atoms. The number of allylic oxidation sites excluding steroid dienone is 1. The predicted molar refractivity (Wildman–Crippen MR) is 101 cm³/mol. The van der Waals surface area contributed by atoms with Gasteiger partial charge in [0.2, 0.25) is 5.91 Å². The minimum atomic E-state index is -0.699. The van der Waals surface area contributed by atoms with Gasteiger partial charge in [0, 0.05) is 11.3 Å². The number of esters is 1. The summed E-state index contributed by atoms with van der Waals surface area (Å²) in [6, 6.07) is 4.40. The molecule has 0 radical (unpaired) electrons. The number of carbonyl (C=O) groups is 2. The second-order valence-corrected chi connectivity index (χ2v) is 6.85. The molecule has 2 rings (SSSR count). The maximum Gasteiger partial charge on any atom is 0.316 e. The van der Waals surface area contributed by atoms with Gasteiger partial charge in [0.15, 0.2) is 5.17 Å². The summed E-state index contributed by atoms with van der Waals surface area (Å²) in [5, 5.41) is 4.12. The fraction of sp³-hybridized carbons (Fsp3) is 0.312. The van der Waals surface area contributed by atoms with Crippen LogP contribution in [0.25, 0.3) is 0 Å². The standard InChI is InChI=1S/C16H17Cl2N3O3S/c1-3-24-11(22)7-25-16-20-8(2)12(15(19)23)14(21-16)9-5-4-6-10(17)13(9)18/h4-6,14H,3,7H2,1-2H3,(H2,19,23)(H,20,21)/t14-/m0/s1. The number of benzene rings is 1. The molecule has 1 atom stereocenters. The summed E-state index contributed by atoms with van der Waals surface area (Å²) in [7, 11) is 0. The Hall–Kier alpha value is -1.70. The normalized spacial score (nSPS) is 17.0. The van der Waals surface area contributed by atoms with Crippen LogP contribution >= 0.6 is 35.0 Å². The smallest absolute Gasteiger partial charge is 0.316 e. The third kappa shape index (κ3) is 4.68. The largest absolute Gasteiger partial charge is 0.465 e. The molecule has 0 fully saturated rings. The van der Waals surface area contributed by atoms with Gasteiger partial charge >= 0.3 is 5.97 Å². The highest BCUT2D eigenvalue weighted by Gasteiger charge is 2.30. The van der Waals surface area contributed by atoms with Crippen LogP contribution in [0.15, 0.2) is 34.5 Å². The number of amidine groups is 1. The molecule has 1 amide bonds. The molecule has 1 aliphatic heterocycles. The van der Waals surface area contributed by atoms with E-state index in [1.807, 2.05) is 0 Å². The summed E-state index contributed by atoms with van der Waals surface area (Å²) in [5.41, 5.74) is 6.93. The molecule has 0 aliphatic carbocycles. The van der Waals surface area contributed by atoms with Crippen LogP contribution in [-0.4, -0.2) is 29.4 Å². The van der Waals surface area contributed by atoms with E-state index in [4.69, 9.17) is 33.7 Å². The van der Waals surface area contributed by atoms with E-state index in [1.54, 1.807) is 32.0 Å². The first-order valence-corrected chi connectivity index (χ1v) is 9.17. The molecular weight excluding hydrogens is 385 g/mol. The van der Waals surface area contributed by atoms with E-state index in [1.165, 1.54) is 11.8 Å². The summed E-state index contributed by atoms with van der Waals surface area (Å²) in [4.78, 5) is 27.9. The summed E-state index contributed by atoms with van der Waals surface area (Å²) in [5.74, 6) is -0.865.